The number of hydrogen-bond donors (Lipinski definition) is 1. The topological polar surface area (TPSA) is 12.0 Å². The van der Waals surface area contributed by atoms with Crippen molar-refractivity contribution in [3.63, 3.8) is 0 Å². The summed E-state index contributed by atoms with van der Waals surface area (Å²) < 4.78 is 0. The zero-order valence-corrected chi connectivity index (χ0v) is 9.23. The summed E-state index contributed by atoms with van der Waals surface area (Å²) in [4.78, 5) is 0. The van der Waals surface area contributed by atoms with Crippen LogP contribution in [0.5, 0.6) is 0 Å². The molecule has 80 valence electrons. The minimum absolute atomic E-state index is 0.819. The van der Waals surface area contributed by atoms with Gasteiger partial charge in [0.1, 0.15) is 0 Å². The van der Waals surface area contributed by atoms with Gasteiger partial charge >= 0.3 is 0 Å². The molecule has 0 aromatic carbocycles. The summed E-state index contributed by atoms with van der Waals surface area (Å²) in [5.41, 5.74) is 0.819. The van der Waals surface area contributed by atoms with Crippen molar-refractivity contribution in [1.82, 2.24) is 5.32 Å². The molecule has 1 unspecified atom stereocenters. The Balaban J connectivity index is 1.75. The molecule has 1 aliphatic heterocycles. The minimum Gasteiger partial charge on any atom is -0.316 e. The van der Waals surface area contributed by atoms with Crippen LogP contribution in [0.1, 0.15) is 51.4 Å². The second-order valence-corrected chi connectivity index (χ2v) is 5.76. The average Bonchev–Trinajstić information content (AvgIpc) is 2.71. The Labute approximate surface area is 87.7 Å². The van der Waals surface area contributed by atoms with Crippen LogP contribution in [-0.4, -0.2) is 13.1 Å². The van der Waals surface area contributed by atoms with Crippen LogP contribution in [0.3, 0.4) is 0 Å². The van der Waals surface area contributed by atoms with Crippen LogP contribution in [0.25, 0.3) is 0 Å². The van der Waals surface area contributed by atoms with E-state index in [4.69, 9.17) is 0 Å². The molecule has 1 heteroatoms. The molecule has 0 aromatic rings. The van der Waals surface area contributed by atoms with Gasteiger partial charge in [-0.05, 0) is 62.4 Å². The van der Waals surface area contributed by atoms with E-state index in [9.17, 15) is 0 Å². The van der Waals surface area contributed by atoms with Crippen LogP contribution in [0.15, 0.2) is 0 Å². The molecule has 14 heavy (non-hydrogen) atoms. The van der Waals surface area contributed by atoms with Crippen LogP contribution in [0, 0.1) is 17.3 Å². The molecule has 0 radical (unpaired) electrons. The van der Waals surface area contributed by atoms with E-state index in [-0.39, 0.29) is 0 Å². The second-order valence-electron chi connectivity index (χ2n) is 5.76. The van der Waals surface area contributed by atoms with E-state index < -0.39 is 0 Å². The monoisotopic (exact) mass is 193 g/mol. The summed E-state index contributed by atoms with van der Waals surface area (Å²) in [6, 6.07) is 0. The van der Waals surface area contributed by atoms with Crippen molar-refractivity contribution < 1.29 is 0 Å². The van der Waals surface area contributed by atoms with E-state index in [1.54, 1.807) is 25.7 Å². The van der Waals surface area contributed by atoms with Gasteiger partial charge in [0.05, 0.1) is 0 Å². The Kier molecular flexibility index (Phi) is 2.31. The lowest BCUT2D eigenvalue weighted by molar-refractivity contribution is -0.00784. The molecule has 1 nitrogen and oxygen atoms in total. The Morgan fingerprint density at radius 3 is 2.14 bits per heavy atom. The summed E-state index contributed by atoms with van der Waals surface area (Å²) in [6.45, 7) is 2.62. The third-order valence-electron chi connectivity index (χ3n) is 5.33. The Morgan fingerprint density at radius 2 is 1.64 bits per heavy atom. The van der Waals surface area contributed by atoms with Crippen LogP contribution < -0.4 is 5.32 Å². The van der Waals surface area contributed by atoms with Crippen molar-refractivity contribution in [3.05, 3.63) is 0 Å². The third-order valence-corrected chi connectivity index (χ3v) is 5.33. The van der Waals surface area contributed by atoms with E-state index in [0.29, 0.717) is 0 Å². The summed E-state index contributed by atoms with van der Waals surface area (Å²) in [5, 5.41) is 3.57. The van der Waals surface area contributed by atoms with Gasteiger partial charge in [0.2, 0.25) is 0 Å². The number of hydrogen-bond acceptors (Lipinski definition) is 1. The van der Waals surface area contributed by atoms with Gasteiger partial charge in [0, 0.05) is 0 Å². The quantitative estimate of drug-likeness (QED) is 0.711. The van der Waals surface area contributed by atoms with Crippen LogP contribution in [0.4, 0.5) is 0 Å². The highest BCUT2D eigenvalue weighted by atomic mass is 14.9. The normalized spacial score (nSPS) is 37.3. The first-order chi connectivity index (χ1) is 6.92. The summed E-state index contributed by atoms with van der Waals surface area (Å²) in [7, 11) is 0. The highest BCUT2D eigenvalue weighted by Crippen LogP contribution is 2.58. The Bertz CT molecular complexity index is 177. The SMILES string of the molecule is C1CCC(C2(C3CCNC3)CCC2)C1. The fourth-order valence-electron chi connectivity index (χ4n) is 4.38. The van der Waals surface area contributed by atoms with Gasteiger partial charge in [-0.25, -0.2) is 0 Å². The molecule has 2 aliphatic carbocycles. The molecular weight excluding hydrogens is 170 g/mol. The van der Waals surface area contributed by atoms with Crippen molar-refractivity contribution in [2.24, 2.45) is 17.3 Å². The highest BCUT2D eigenvalue weighted by Gasteiger charge is 2.50. The average molecular weight is 193 g/mol. The molecule has 1 atom stereocenters. The summed E-state index contributed by atoms with van der Waals surface area (Å²) >= 11 is 0. The van der Waals surface area contributed by atoms with Crippen LogP contribution >= 0.6 is 0 Å². The zero-order chi connectivity index (χ0) is 9.43. The summed E-state index contributed by atoms with van der Waals surface area (Å²) in [6.07, 6.45) is 12.3. The third kappa shape index (κ3) is 1.25. The van der Waals surface area contributed by atoms with E-state index >= 15 is 0 Å². The largest absolute Gasteiger partial charge is 0.316 e. The lowest BCUT2D eigenvalue weighted by Gasteiger charge is -2.51. The lowest BCUT2D eigenvalue weighted by atomic mass is 9.54. The van der Waals surface area contributed by atoms with Crippen molar-refractivity contribution >= 4 is 0 Å². The molecule has 3 rings (SSSR count). The molecule has 0 spiro atoms. The fourth-order valence-corrected chi connectivity index (χ4v) is 4.38. The van der Waals surface area contributed by atoms with Crippen molar-refractivity contribution in [2.45, 2.75) is 51.4 Å². The van der Waals surface area contributed by atoms with E-state index in [0.717, 1.165) is 17.3 Å². The van der Waals surface area contributed by atoms with E-state index in [1.807, 2.05) is 0 Å². The maximum absolute atomic E-state index is 3.57. The van der Waals surface area contributed by atoms with Gasteiger partial charge in [0.25, 0.3) is 0 Å². The molecule has 1 heterocycles. The summed E-state index contributed by atoms with van der Waals surface area (Å²) in [5.74, 6) is 2.15. The maximum Gasteiger partial charge on any atom is -0.00146 e. The molecule has 0 aromatic heterocycles. The molecule has 2 saturated carbocycles. The molecule has 3 aliphatic rings. The van der Waals surface area contributed by atoms with Crippen molar-refractivity contribution in [2.75, 3.05) is 13.1 Å². The molecular formula is C13H23N. The first kappa shape index (κ1) is 9.21. The predicted molar refractivity (Wildman–Crippen MR) is 59.2 cm³/mol. The Hall–Kier alpha value is -0.0400. The Morgan fingerprint density at radius 1 is 0.857 bits per heavy atom. The van der Waals surface area contributed by atoms with Gasteiger partial charge in [-0.3, -0.25) is 0 Å². The van der Waals surface area contributed by atoms with Gasteiger partial charge in [-0.1, -0.05) is 19.3 Å². The van der Waals surface area contributed by atoms with Crippen LogP contribution in [0.2, 0.25) is 0 Å². The smallest absolute Gasteiger partial charge is 0.00146 e. The molecule has 0 amide bonds. The first-order valence-corrected chi connectivity index (χ1v) is 6.62. The molecule has 3 fully saturated rings. The standard InChI is InChI=1S/C13H23N/c1-2-5-11(4-1)13(7-3-8-13)12-6-9-14-10-12/h11-12,14H,1-10H2. The van der Waals surface area contributed by atoms with E-state index in [1.165, 1.54) is 38.8 Å². The highest BCUT2D eigenvalue weighted by molar-refractivity contribution is 5.01. The van der Waals surface area contributed by atoms with E-state index in [2.05, 4.69) is 5.32 Å². The van der Waals surface area contributed by atoms with Gasteiger partial charge in [-0.2, -0.15) is 0 Å². The second kappa shape index (κ2) is 3.52. The molecule has 1 N–H and O–H groups in total. The molecule has 1 saturated heterocycles. The van der Waals surface area contributed by atoms with Gasteiger partial charge in [-0.15, -0.1) is 0 Å². The first-order valence-electron chi connectivity index (χ1n) is 6.62. The van der Waals surface area contributed by atoms with Crippen molar-refractivity contribution in [1.29, 1.82) is 0 Å². The van der Waals surface area contributed by atoms with Gasteiger partial charge < -0.3 is 5.32 Å². The number of rotatable bonds is 2. The zero-order valence-electron chi connectivity index (χ0n) is 9.23. The maximum atomic E-state index is 3.57. The van der Waals surface area contributed by atoms with Crippen molar-refractivity contribution in [3.8, 4) is 0 Å². The lowest BCUT2D eigenvalue weighted by Crippen LogP contribution is -2.44. The van der Waals surface area contributed by atoms with Crippen LogP contribution in [-0.2, 0) is 0 Å². The molecule has 0 bridgehead atoms. The minimum atomic E-state index is 0.819. The predicted octanol–water partition coefficient (Wildman–Crippen LogP) is 2.96. The fraction of sp³-hybridized carbons (Fsp3) is 1.00. The van der Waals surface area contributed by atoms with Gasteiger partial charge in [0.15, 0.2) is 0 Å². The number of nitrogens with one attached hydrogen (secondary N) is 1.